The fourth-order valence-electron chi connectivity index (χ4n) is 1.27. The van der Waals surface area contributed by atoms with Crippen LogP contribution in [0, 0.1) is 0 Å². The highest BCUT2D eigenvalue weighted by Crippen LogP contribution is 2.57. The lowest BCUT2D eigenvalue weighted by atomic mass is 9.92. The Labute approximate surface area is 127 Å². The maximum atomic E-state index is 13.0. The van der Waals surface area contributed by atoms with Crippen LogP contribution in [0.2, 0.25) is 0 Å². The van der Waals surface area contributed by atoms with Gasteiger partial charge in [0, 0.05) is 0 Å². The van der Waals surface area contributed by atoms with Crippen molar-refractivity contribution in [2.75, 3.05) is 0 Å². The molecule has 0 aliphatic rings. The smallest absolute Gasteiger partial charge is 0.331 e. The van der Waals surface area contributed by atoms with Crippen LogP contribution in [-0.2, 0) is 0 Å². The molecule has 0 radical (unpaired) electrons. The van der Waals surface area contributed by atoms with E-state index in [1.54, 1.807) is 0 Å². The quantitative estimate of drug-likeness (QED) is 0.585. The van der Waals surface area contributed by atoms with E-state index in [2.05, 4.69) is 0 Å². The summed E-state index contributed by atoms with van der Waals surface area (Å²) in [5.41, 5.74) is 0. The number of aliphatic hydroxyl groups is 1. The van der Waals surface area contributed by atoms with Crippen molar-refractivity contribution in [1.82, 2.24) is 0 Å². The summed E-state index contributed by atoms with van der Waals surface area (Å²) in [6.07, 6.45) is -26.7. The Morgan fingerprint density at radius 1 is 0.520 bits per heavy atom. The summed E-state index contributed by atoms with van der Waals surface area (Å²) >= 11 is 0. The lowest BCUT2D eigenvalue weighted by Gasteiger charge is -2.39. The van der Waals surface area contributed by atoms with E-state index >= 15 is 0 Å². The first-order valence-corrected chi connectivity index (χ1v) is 5.49. The van der Waals surface area contributed by atoms with Gasteiger partial charge in [0.15, 0.2) is 12.3 Å². The van der Waals surface area contributed by atoms with Crippen LogP contribution >= 0.6 is 0 Å². The fraction of sp³-hybridized carbons (Fsp3) is 1.00. The summed E-state index contributed by atoms with van der Waals surface area (Å²) in [5.74, 6) is -30.8. The number of alkyl halides is 15. The van der Waals surface area contributed by atoms with E-state index in [9.17, 15) is 65.9 Å². The van der Waals surface area contributed by atoms with Gasteiger partial charge in [-0.15, -0.1) is 0 Å². The van der Waals surface area contributed by atoms with Gasteiger partial charge in [0.1, 0.15) is 0 Å². The second-order valence-electron chi connectivity index (χ2n) is 4.51. The van der Waals surface area contributed by atoms with Crippen LogP contribution in [0.4, 0.5) is 65.9 Å². The predicted octanol–water partition coefficient (Wildman–Crippen LogP) is 4.39. The zero-order valence-electron chi connectivity index (χ0n) is 10.9. The van der Waals surface area contributed by atoms with Crippen LogP contribution in [0.25, 0.3) is 0 Å². The molecule has 0 saturated carbocycles. The third kappa shape index (κ3) is 3.58. The molecule has 0 aliphatic heterocycles. The highest BCUT2D eigenvalue weighted by atomic mass is 19.4. The number of rotatable bonds is 8. The third-order valence-corrected chi connectivity index (χ3v) is 2.76. The van der Waals surface area contributed by atoms with E-state index in [1.165, 1.54) is 0 Å². The summed E-state index contributed by atoms with van der Waals surface area (Å²) in [6.45, 7) is 0. The van der Waals surface area contributed by atoms with E-state index < -0.39 is 54.7 Å². The van der Waals surface area contributed by atoms with Gasteiger partial charge in [0.05, 0.1) is 0 Å². The van der Waals surface area contributed by atoms with E-state index in [4.69, 9.17) is 5.11 Å². The minimum Gasteiger partial charge on any atom is -0.331 e. The maximum absolute atomic E-state index is 13.0. The van der Waals surface area contributed by atoms with Gasteiger partial charge in [0.2, 0.25) is 6.17 Å². The molecule has 0 heterocycles. The summed E-state index contributed by atoms with van der Waals surface area (Å²) in [7, 11) is 0. The minimum absolute atomic E-state index is 4.56. The SMILES string of the molecule is OC(F)(F)C(F)(F)C(F)(F)C(F)(F)C(F)(F)C(F)C(F)C(F)C(F)F. The average molecular weight is 414 g/mol. The normalized spacial score (nSPS) is 19.1. The molecule has 0 saturated heterocycles. The molecule has 0 rings (SSSR count). The van der Waals surface area contributed by atoms with Gasteiger partial charge in [-0.3, -0.25) is 0 Å². The van der Waals surface area contributed by atoms with E-state index in [0.717, 1.165) is 0 Å². The Morgan fingerprint density at radius 3 is 1.16 bits per heavy atom. The molecule has 1 nitrogen and oxygen atoms in total. The van der Waals surface area contributed by atoms with Crippen molar-refractivity contribution in [3.05, 3.63) is 0 Å². The second kappa shape index (κ2) is 6.57. The topological polar surface area (TPSA) is 20.2 Å². The molecule has 0 aliphatic carbocycles. The molecule has 16 heteroatoms. The van der Waals surface area contributed by atoms with Crippen molar-refractivity contribution in [3.8, 4) is 0 Å². The molecule has 3 atom stereocenters. The van der Waals surface area contributed by atoms with Crippen LogP contribution < -0.4 is 0 Å². The Bertz CT molecular complexity index is 454. The first-order chi connectivity index (χ1) is 10.7. The molecule has 0 bridgehead atoms. The Balaban J connectivity index is 6.04. The number of hydrogen-bond donors (Lipinski definition) is 1. The molecule has 25 heavy (non-hydrogen) atoms. The van der Waals surface area contributed by atoms with Gasteiger partial charge in [0.25, 0.3) is 6.43 Å². The minimum atomic E-state index is -7.93. The Kier molecular flexibility index (Phi) is 6.28. The standard InChI is InChI=1S/C9H5F15O/c10-1(2(11)4(13)14)3(12)5(15,16)6(17,18)7(19,20)8(21,22)9(23,24)25/h1-4,25H. The fourth-order valence-corrected chi connectivity index (χ4v) is 1.27. The first-order valence-electron chi connectivity index (χ1n) is 5.49. The Hall–Kier alpha value is -1.09. The van der Waals surface area contributed by atoms with Gasteiger partial charge in [-0.05, 0) is 0 Å². The number of halogens is 15. The second-order valence-corrected chi connectivity index (χ2v) is 4.51. The van der Waals surface area contributed by atoms with Crippen LogP contribution in [0.15, 0.2) is 0 Å². The zero-order chi connectivity index (χ0) is 20.8. The van der Waals surface area contributed by atoms with Gasteiger partial charge < -0.3 is 5.11 Å². The van der Waals surface area contributed by atoms with Crippen LogP contribution in [-0.4, -0.2) is 59.8 Å². The third-order valence-electron chi connectivity index (χ3n) is 2.76. The first kappa shape index (κ1) is 23.9. The largest absolute Gasteiger partial charge is 0.423 e. The number of hydrogen-bond acceptors (Lipinski definition) is 1. The molecule has 0 spiro atoms. The molecule has 1 N–H and O–H groups in total. The monoisotopic (exact) mass is 414 g/mol. The summed E-state index contributed by atoms with van der Waals surface area (Å²) in [6, 6.07) is 0. The van der Waals surface area contributed by atoms with Crippen LogP contribution in [0.1, 0.15) is 0 Å². The Morgan fingerprint density at radius 2 is 0.880 bits per heavy atom. The molecule has 0 aromatic rings. The van der Waals surface area contributed by atoms with Gasteiger partial charge in [-0.2, -0.15) is 43.9 Å². The van der Waals surface area contributed by atoms with E-state index in [1.807, 2.05) is 0 Å². The van der Waals surface area contributed by atoms with Crippen molar-refractivity contribution in [2.45, 2.75) is 54.7 Å². The van der Waals surface area contributed by atoms with E-state index in [0.29, 0.717) is 0 Å². The molecule has 0 amide bonds. The highest BCUT2D eigenvalue weighted by Gasteiger charge is 2.88. The maximum Gasteiger partial charge on any atom is 0.423 e. The van der Waals surface area contributed by atoms with Gasteiger partial charge >= 0.3 is 29.8 Å². The molecule has 0 fully saturated rings. The lowest BCUT2D eigenvalue weighted by molar-refractivity contribution is -0.442. The van der Waals surface area contributed by atoms with Crippen molar-refractivity contribution < 1.29 is 71.0 Å². The summed E-state index contributed by atoms with van der Waals surface area (Å²) < 4.78 is 188. The molecular formula is C9H5F15O. The molecular weight excluding hydrogens is 409 g/mol. The van der Waals surface area contributed by atoms with Gasteiger partial charge in [-0.25, -0.2) is 22.0 Å². The average Bonchev–Trinajstić information content (AvgIpc) is 2.42. The molecule has 0 aromatic carbocycles. The lowest BCUT2D eigenvalue weighted by Crippen LogP contribution is -2.70. The van der Waals surface area contributed by atoms with Gasteiger partial charge in [-0.1, -0.05) is 0 Å². The van der Waals surface area contributed by atoms with Crippen molar-refractivity contribution in [3.63, 3.8) is 0 Å². The summed E-state index contributed by atoms with van der Waals surface area (Å²) in [5, 5.41) is 7.45. The molecule has 152 valence electrons. The van der Waals surface area contributed by atoms with Crippen LogP contribution in [0.3, 0.4) is 0 Å². The predicted molar refractivity (Wildman–Crippen MR) is 47.6 cm³/mol. The zero-order valence-corrected chi connectivity index (χ0v) is 10.9. The van der Waals surface area contributed by atoms with E-state index in [-0.39, 0.29) is 0 Å². The van der Waals surface area contributed by atoms with Crippen molar-refractivity contribution in [2.24, 2.45) is 0 Å². The molecule has 3 unspecified atom stereocenters. The molecule has 0 aromatic heterocycles. The van der Waals surface area contributed by atoms with Crippen molar-refractivity contribution >= 4 is 0 Å². The van der Waals surface area contributed by atoms with Crippen LogP contribution in [0.5, 0.6) is 0 Å². The highest BCUT2D eigenvalue weighted by molar-refractivity contribution is 5.09. The van der Waals surface area contributed by atoms with Crippen molar-refractivity contribution in [1.29, 1.82) is 0 Å². The summed E-state index contributed by atoms with van der Waals surface area (Å²) in [4.78, 5) is 0.